The minimum Gasteiger partial charge on any atom is -0.378 e. The van der Waals surface area contributed by atoms with Crippen molar-refractivity contribution >= 4 is 5.95 Å². The normalized spacial score (nSPS) is 30.1. The van der Waals surface area contributed by atoms with Gasteiger partial charge in [0.15, 0.2) is 0 Å². The van der Waals surface area contributed by atoms with Crippen LogP contribution in [0, 0.1) is 12.3 Å². The largest absolute Gasteiger partial charge is 0.378 e. The highest BCUT2D eigenvalue weighted by Gasteiger charge is 2.45. The molecule has 0 aliphatic carbocycles. The molecule has 3 fully saturated rings. The van der Waals surface area contributed by atoms with Crippen LogP contribution in [0.2, 0.25) is 0 Å². The molecule has 1 aromatic rings. The second-order valence-corrected chi connectivity index (χ2v) is 5.84. The Kier molecular flexibility index (Phi) is 2.86. The standard InChI is InChI=1S/C15H18N4O/c1-2-11-5-16-15(17-6-11)18-7-12-3-4-13(8-18)19(12)14-9-20-10-14/h1,5-6,12-14H,3-4,7-10H2. The molecule has 104 valence electrons. The fourth-order valence-electron chi connectivity index (χ4n) is 3.65. The Morgan fingerprint density at radius 2 is 1.75 bits per heavy atom. The Hall–Kier alpha value is -1.64. The fourth-order valence-corrected chi connectivity index (χ4v) is 3.65. The van der Waals surface area contributed by atoms with Gasteiger partial charge in [-0.05, 0) is 12.8 Å². The molecule has 3 aliphatic rings. The third-order valence-electron chi connectivity index (χ3n) is 4.67. The molecule has 0 aromatic carbocycles. The van der Waals surface area contributed by atoms with Crippen molar-refractivity contribution in [3.05, 3.63) is 18.0 Å². The van der Waals surface area contributed by atoms with Crippen LogP contribution in [0.3, 0.4) is 0 Å². The van der Waals surface area contributed by atoms with Crippen LogP contribution in [-0.2, 0) is 4.74 Å². The summed E-state index contributed by atoms with van der Waals surface area (Å²) in [5.41, 5.74) is 0.738. The number of ether oxygens (including phenoxy) is 1. The first-order chi connectivity index (χ1) is 9.85. The summed E-state index contributed by atoms with van der Waals surface area (Å²) >= 11 is 0. The molecule has 4 heterocycles. The van der Waals surface area contributed by atoms with Crippen molar-refractivity contribution in [1.82, 2.24) is 14.9 Å². The Labute approximate surface area is 119 Å². The Morgan fingerprint density at radius 3 is 2.25 bits per heavy atom. The second kappa shape index (κ2) is 4.72. The maximum absolute atomic E-state index is 5.35. The third kappa shape index (κ3) is 1.88. The summed E-state index contributed by atoms with van der Waals surface area (Å²) in [6.07, 6.45) is 11.4. The molecule has 0 spiro atoms. The van der Waals surface area contributed by atoms with Gasteiger partial charge >= 0.3 is 0 Å². The zero-order valence-corrected chi connectivity index (χ0v) is 11.4. The molecule has 2 atom stereocenters. The molecule has 1 aromatic heterocycles. The number of fused-ring (bicyclic) bond motifs is 2. The predicted octanol–water partition coefficient (Wildman–Crippen LogP) is 0.510. The summed E-state index contributed by atoms with van der Waals surface area (Å²) in [7, 11) is 0. The Balaban J connectivity index is 1.51. The molecule has 2 unspecified atom stereocenters. The minimum absolute atomic E-state index is 0.624. The topological polar surface area (TPSA) is 41.5 Å². The number of hydrogen-bond donors (Lipinski definition) is 0. The van der Waals surface area contributed by atoms with E-state index in [4.69, 9.17) is 11.2 Å². The van der Waals surface area contributed by atoms with Gasteiger partial charge in [0, 0.05) is 37.6 Å². The summed E-state index contributed by atoms with van der Waals surface area (Å²) < 4.78 is 5.35. The average molecular weight is 270 g/mol. The predicted molar refractivity (Wildman–Crippen MR) is 75.4 cm³/mol. The highest BCUT2D eigenvalue weighted by Crippen LogP contribution is 2.34. The second-order valence-electron chi connectivity index (χ2n) is 5.84. The SMILES string of the molecule is C#Cc1cnc(N2CC3CCC(C2)N3C2COC2)nc1. The molecule has 2 bridgehead atoms. The van der Waals surface area contributed by atoms with Crippen LogP contribution in [0.4, 0.5) is 5.95 Å². The molecule has 0 radical (unpaired) electrons. The van der Waals surface area contributed by atoms with Gasteiger partial charge < -0.3 is 9.64 Å². The smallest absolute Gasteiger partial charge is 0.225 e. The maximum Gasteiger partial charge on any atom is 0.225 e. The van der Waals surface area contributed by atoms with Gasteiger partial charge in [0.25, 0.3) is 0 Å². The number of hydrogen-bond acceptors (Lipinski definition) is 5. The zero-order valence-electron chi connectivity index (χ0n) is 11.4. The van der Waals surface area contributed by atoms with E-state index in [0.717, 1.165) is 37.8 Å². The van der Waals surface area contributed by atoms with E-state index in [1.165, 1.54) is 12.8 Å². The number of terminal acetylenes is 1. The first kappa shape index (κ1) is 12.1. The van der Waals surface area contributed by atoms with E-state index in [9.17, 15) is 0 Å². The molecule has 0 saturated carbocycles. The number of anilines is 1. The number of rotatable bonds is 2. The lowest BCUT2D eigenvalue weighted by Gasteiger charge is -2.47. The van der Waals surface area contributed by atoms with Crippen molar-refractivity contribution in [2.45, 2.75) is 31.0 Å². The Bertz CT molecular complexity index is 520. The molecule has 0 amide bonds. The lowest BCUT2D eigenvalue weighted by Crippen LogP contribution is -2.62. The number of piperazine rings is 1. The summed E-state index contributed by atoms with van der Waals surface area (Å²) in [6, 6.07) is 1.89. The van der Waals surface area contributed by atoms with Crippen LogP contribution in [0.15, 0.2) is 12.4 Å². The summed E-state index contributed by atoms with van der Waals surface area (Å²) in [6.45, 7) is 3.84. The summed E-state index contributed by atoms with van der Waals surface area (Å²) in [5, 5.41) is 0. The Morgan fingerprint density at radius 1 is 1.10 bits per heavy atom. The van der Waals surface area contributed by atoms with Crippen molar-refractivity contribution < 1.29 is 4.74 Å². The monoisotopic (exact) mass is 270 g/mol. The van der Waals surface area contributed by atoms with Gasteiger partial charge in [-0.25, -0.2) is 9.97 Å². The highest BCUT2D eigenvalue weighted by molar-refractivity contribution is 5.36. The van der Waals surface area contributed by atoms with Crippen molar-refractivity contribution in [3.63, 3.8) is 0 Å². The van der Waals surface area contributed by atoms with Gasteiger partial charge in [0.2, 0.25) is 5.95 Å². The molecule has 20 heavy (non-hydrogen) atoms. The van der Waals surface area contributed by atoms with Crippen LogP contribution in [0.5, 0.6) is 0 Å². The van der Waals surface area contributed by atoms with E-state index in [1.807, 2.05) is 0 Å². The van der Waals surface area contributed by atoms with Gasteiger partial charge in [0.05, 0.1) is 24.8 Å². The number of aromatic nitrogens is 2. The van der Waals surface area contributed by atoms with Gasteiger partial charge in [-0.2, -0.15) is 0 Å². The molecule has 5 nitrogen and oxygen atoms in total. The van der Waals surface area contributed by atoms with Crippen molar-refractivity contribution in [2.75, 3.05) is 31.2 Å². The first-order valence-electron chi connectivity index (χ1n) is 7.24. The van der Waals surface area contributed by atoms with E-state index in [0.29, 0.717) is 18.1 Å². The zero-order chi connectivity index (χ0) is 13.5. The van der Waals surface area contributed by atoms with E-state index >= 15 is 0 Å². The number of nitrogens with zero attached hydrogens (tertiary/aromatic N) is 4. The van der Waals surface area contributed by atoms with E-state index in [1.54, 1.807) is 12.4 Å². The van der Waals surface area contributed by atoms with Crippen molar-refractivity contribution in [2.24, 2.45) is 0 Å². The maximum atomic E-state index is 5.35. The molecular weight excluding hydrogens is 252 g/mol. The fraction of sp³-hybridized carbons (Fsp3) is 0.600. The first-order valence-corrected chi connectivity index (χ1v) is 7.24. The molecule has 4 rings (SSSR count). The van der Waals surface area contributed by atoms with E-state index in [-0.39, 0.29) is 0 Å². The molecule has 3 aliphatic heterocycles. The van der Waals surface area contributed by atoms with E-state index < -0.39 is 0 Å². The van der Waals surface area contributed by atoms with Gasteiger partial charge in [-0.15, -0.1) is 6.42 Å². The molecule has 5 heteroatoms. The lowest BCUT2D eigenvalue weighted by molar-refractivity contribution is -0.0851. The third-order valence-corrected chi connectivity index (χ3v) is 4.67. The van der Waals surface area contributed by atoms with Crippen LogP contribution in [0.25, 0.3) is 0 Å². The van der Waals surface area contributed by atoms with Crippen molar-refractivity contribution in [1.29, 1.82) is 0 Å². The van der Waals surface area contributed by atoms with E-state index in [2.05, 4.69) is 25.7 Å². The van der Waals surface area contributed by atoms with Crippen LogP contribution in [-0.4, -0.2) is 59.3 Å². The molecule has 0 N–H and O–H groups in total. The summed E-state index contributed by atoms with van der Waals surface area (Å²) in [4.78, 5) is 13.8. The molecular formula is C15H18N4O. The highest BCUT2D eigenvalue weighted by atomic mass is 16.5. The summed E-state index contributed by atoms with van der Waals surface area (Å²) in [5.74, 6) is 3.37. The van der Waals surface area contributed by atoms with Gasteiger partial charge in [-0.1, -0.05) is 5.92 Å². The minimum atomic E-state index is 0.624. The van der Waals surface area contributed by atoms with Crippen LogP contribution >= 0.6 is 0 Å². The molecule has 3 saturated heterocycles. The van der Waals surface area contributed by atoms with Crippen molar-refractivity contribution in [3.8, 4) is 12.3 Å². The van der Waals surface area contributed by atoms with Gasteiger partial charge in [-0.3, -0.25) is 4.90 Å². The average Bonchev–Trinajstić information content (AvgIpc) is 2.69. The van der Waals surface area contributed by atoms with Crippen LogP contribution in [0.1, 0.15) is 18.4 Å². The van der Waals surface area contributed by atoms with Crippen LogP contribution < -0.4 is 4.90 Å². The quantitative estimate of drug-likeness (QED) is 0.733. The lowest BCUT2D eigenvalue weighted by atomic mass is 10.1. The van der Waals surface area contributed by atoms with Gasteiger partial charge in [0.1, 0.15) is 0 Å².